The van der Waals surface area contributed by atoms with Crippen LogP contribution in [-0.4, -0.2) is 43.8 Å². The molecule has 1 amide bonds. The van der Waals surface area contributed by atoms with E-state index in [1.54, 1.807) is 42.9 Å². The first-order valence-electron chi connectivity index (χ1n) is 13.3. The number of nitrogens with one attached hydrogen (secondary N) is 2. The Labute approximate surface area is 236 Å². The minimum absolute atomic E-state index is 0.0686. The third kappa shape index (κ3) is 6.68. The Morgan fingerprint density at radius 3 is 2.54 bits per heavy atom. The molecule has 1 saturated heterocycles. The SMILES string of the molecule is Cc1ccc(NC(=O)c2ccc(CN3CC(C(C)C)C3)c(C(F)(F)F)c2)cc1Nc1nccc(-c2cncnc2)n1. The summed E-state index contributed by atoms with van der Waals surface area (Å²) in [4.78, 5) is 31.8. The van der Waals surface area contributed by atoms with E-state index in [9.17, 15) is 18.0 Å². The Balaban J connectivity index is 1.31. The van der Waals surface area contributed by atoms with Crippen LogP contribution < -0.4 is 10.6 Å². The van der Waals surface area contributed by atoms with Crippen LogP contribution in [0.15, 0.2) is 67.4 Å². The number of nitrogens with zero attached hydrogens (tertiary/aromatic N) is 5. The summed E-state index contributed by atoms with van der Waals surface area (Å²) in [6, 6.07) is 10.7. The summed E-state index contributed by atoms with van der Waals surface area (Å²) < 4.78 is 41.9. The average molecular weight is 562 g/mol. The molecule has 0 bridgehead atoms. The molecule has 41 heavy (non-hydrogen) atoms. The number of hydrogen-bond donors (Lipinski definition) is 2. The topological polar surface area (TPSA) is 95.9 Å². The maximum atomic E-state index is 14.0. The van der Waals surface area contributed by atoms with Crippen molar-refractivity contribution in [2.45, 2.75) is 33.5 Å². The first-order valence-corrected chi connectivity index (χ1v) is 13.3. The molecule has 3 heterocycles. The van der Waals surface area contributed by atoms with Gasteiger partial charge in [-0.25, -0.2) is 19.9 Å². The Morgan fingerprint density at radius 1 is 1.07 bits per heavy atom. The minimum atomic E-state index is -4.57. The molecule has 1 aliphatic heterocycles. The number of anilines is 3. The van der Waals surface area contributed by atoms with E-state index in [1.807, 2.05) is 11.8 Å². The molecular formula is C30H30F3N7O. The van der Waals surface area contributed by atoms with Gasteiger partial charge in [0.1, 0.15) is 6.33 Å². The summed E-state index contributed by atoms with van der Waals surface area (Å²) in [6.45, 7) is 7.87. The van der Waals surface area contributed by atoms with Crippen molar-refractivity contribution in [2.24, 2.45) is 11.8 Å². The highest BCUT2D eigenvalue weighted by Crippen LogP contribution is 2.35. The average Bonchev–Trinajstić information content (AvgIpc) is 2.92. The molecule has 4 aromatic rings. The third-order valence-electron chi connectivity index (χ3n) is 7.25. The van der Waals surface area contributed by atoms with Gasteiger partial charge in [0, 0.05) is 60.7 Å². The molecule has 0 atom stereocenters. The van der Waals surface area contributed by atoms with Crippen molar-refractivity contribution in [3.8, 4) is 11.3 Å². The number of benzene rings is 2. The van der Waals surface area contributed by atoms with Crippen LogP contribution in [0, 0.1) is 18.8 Å². The molecule has 0 radical (unpaired) electrons. The molecule has 0 unspecified atom stereocenters. The lowest BCUT2D eigenvalue weighted by Crippen LogP contribution is -2.48. The molecule has 2 aromatic carbocycles. The smallest absolute Gasteiger partial charge is 0.324 e. The van der Waals surface area contributed by atoms with Crippen LogP contribution in [0.4, 0.5) is 30.5 Å². The summed E-state index contributed by atoms with van der Waals surface area (Å²) >= 11 is 0. The van der Waals surface area contributed by atoms with Crippen molar-refractivity contribution in [3.63, 3.8) is 0 Å². The van der Waals surface area contributed by atoms with Gasteiger partial charge >= 0.3 is 6.18 Å². The summed E-state index contributed by atoms with van der Waals surface area (Å²) in [7, 11) is 0. The lowest BCUT2D eigenvalue weighted by Gasteiger charge is -2.42. The molecule has 2 N–H and O–H groups in total. The normalized spacial score (nSPS) is 14.1. The van der Waals surface area contributed by atoms with Crippen LogP contribution in [0.3, 0.4) is 0 Å². The Hall–Kier alpha value is -4.38. The summed E-state index contributed by atoms with van der Waals surface area (Å²) in [5, 5.41) is 5.86. The van der Waals surface area contributed by atoms with Crippen molar-refractivity contribution < 1.29 is 18.0 Å². The van der Waals surface area contributed by atoms with E-state index in [0.29, 0.717) is 34.9 Å². The molecule has 0 aliphatic carbocycles. The summed E-state index contributed by atoms with van der Waals surface area (Å²) in [5.74, 6) is 0.685. The highest BCUT2D eigenvalue weighted by Gasteiger charge is 2.36. The molecule has 0 saturated carbocycles. The molecule has 1 fully saturated rings. The van der Waals surface area contributed by atoms with Gasteiger partial charge in [0.15, 0.2) is 0 Å². The van der Waals surface area contributed by atoms with Crippen molar-refractivity contribution in [3.05, 3.63) is 89.6 Å². The van der Waals surface area contributed by atoms with Gasteiger partial charge in [-0.3, -0.25) is 9.69 Å². The molecule has 11 heteroatoms. The van der Waals surface area contributed by atoms with E-state index >= 15 is 0 Å². The number of rotatable bonds is 8. The summed E-state index contributed by atoms with van der Waals surface area (Å²) in [5.41, 5.74) is 2.56. The second-order valence-corrected chi connectivity index (χ2v) is 10.6. The number of likely N-dealkylation sites (tertiary alicyclic amines) is 1. The first kappa shape index (κ1) is 28.2. The van der Waals surface area contributed by atoms with E-state index < -0.39 is 17.6 Å². The number of carbonyl (C=O) groups is 1. The van der Waals surface area contributed by atoms with E-state index in [-0.39, 0.29) is 17.7 Å². The fraction of sp³-hybridized carbons (Fsp3) is 0.300. The van der Waals surface area contributed by atoms with Crippen molar-refractivity contribution in [2.75, 3.05) is 23.7 Å². The molecule has 5 rings (SSSR count). The van der Waals surface area contributed by atoms with Crippen LogP contribution in [0.1, 0.15) is 40.9 Å². The Bertz CT molecular complexity index is 1540. The van der Waals surface area contributed by atoms with Gasteiger partial charge in [0.05, 0.1) is 11.3 Å². The molecule has 1 aliphatic rings. The lowest BCUT2D eigenvalue weighted by molar-refractivity contribution is -0.138. The van der Waals surface area contributed by atoms with Crippen LogP contribution in [0.25, 0.3) is 11.3 Å². The Morgan fingerprint density at radius 2 is 1.83 bits per heavy atom. The standard InChI is InChI=1S/C30H30F3N7O/c1-18(2)23-15-40(16-23)14-21-6-5-20(10-25(21)30(31,32)33)28(41)37-24-7-4-19(3)27(11-24)39-29-36-9-8-26(38-29)22-12-34-17-35-13-22/h4-13,17-18,23H,14-16H2,1-3H3,(H,37,41)(H,36,38,39). The maximum Gasteiger partial charge on any atom is 0.416 e. The highest BCUT2D eigenvalue weighted by atomic mass is 19.4. The van der Waals surface area contributed by atoms with Crippen molar-refractivity contribution >= 4 is 23.2 Å². The van der Waals surface area contributed by atoms with Crippen molar-refractivity contribution in [1.82, 2.24) is 24.8 Å². The van der Waals surface area contributed by atoms with E-state index in [0.717, 1.165) is 30.3 Å². The predicted molar refractivity (Wildman–Crippen MR) is 151 cm³/mol. The quantitative estimate of drug-likeness (QED) is 0.259. The number of hydrogen-bond acceptors (Lipinski definition) is 7. The monoisotopic (exact) mass is 561 g/mol. The third-order valence-corrected chi connectivity index (χ3v) is 7.25. The maximum absolute atomic E-state index is 14.0. The van der Waals surface area contributed by atoms with Gasteiger partial charge in [0.25, 0.3) is 5.91 Å². The zero-order chi connectivity index (χ0) is 29.1. The van der Waals surface area contributed by atoms with Gasteiger partial charge in [-0.1, -0.05) is 26.0 Å². The molecule has 2 aromatic heterocycles. The molecule has 8 nitrogen and oxygen atoms in total. The van der Waals surface area contributed by atoms with Crippen LogP contribution in [0.5, 0.6) is 0 Å². The number of halogens is 3. The fourth-order valence-corrected chi connectivity index (χ4v) is 4.69. The van der Waals surface area contributed by atoms with Gasteiger partial charge in [-0.15, -0.1) is 0 Å². The second kappa shape index (κ2) is 11.6. The zero-order valence-electron chi connectivity index (χ0n) is 22.9. The minimum Gasteiger partial charge on any atom is -0.324 e. The number of aromatic nitrogens is 4. The molecule has 0 spiro atoms. The van der Waals surface area contributed by atoms with Crippen molar-refractivity contribution in [1.29, 1.82) is 0 Å². The second-order valence-electron chi connectivity index (χ2n) is 10.6. The number of amides is 1. The van der Waals surface area contributed by atoms with Gasteiger partial charge in [-0.2, -0.15) is 13.2 Å². The molecular weight excluding hydrogens is 531 g/mol. The molecule has 212 valence electrons. The number of carbonyl (C=O) groups excluding carboxylic acids is 1. The van der Waals surface area contributed by atoms with Gasteiger partial charge < -0.3 is 10.6 Å². The number of alkyl halides is 3. The van der Waals surface area contributed by atoms with E-state index in [4.69, 9.17) is 0 Å². The van der Waals surface area contributed by atoms with E-state index in [1.165, 1.54) is 18.5 Å². The van der Waals surface area contributed by atoms with Crippen LogP contribution in [0.2, 0.25) is 0 Å². The highest BCUT2D eigenvalue weighted by molar-refractivity contribution is 6.04. The zero-order valence-corrected chi connectivity index (χ0v) is 22.9. The van der Waals surface area contributed by atoms with Crippen LogP contribution in [-0.2, 0) is 12.7 Å². The Kier molecular flexibility index (Phi) is 7.98. The summed E-state index contributed by atoms with van der Waals surface area (Å²) in [6.07, 6.45) is 1.75. The van der Waals surface area contributed by atoms with E-state index in [2.05, 4.69) is 44.4 Å². The fourth-order valence-electron chi connectivity index (χ4n) is 4.69. The first-order chi connectivity index (χ1) is 19.6. The van der Waals surface area contributed by atoms with Gasteiger partial charge in [0.2, 0.25) is 5.95 Å². The number of aryl methyl sites for hydroxylation is 1. The lowest BCUT2D eigenvalue weighted by atomic mass is 9.88. The predicted octanol–water partition coefficient (Wildman–Crippen LogP) is 6.34. The van der Waals surface area contributed by atoms with Gasteiger partial charge in [-0.05, 0) is 60.2 Å². The largest absolute Gasteiger partial charge is 0.416 e. The van der Waals surface area contributed by atoms with Crippen LogP contribution >= 0.6 is 0 Å².